The van der Waals surface area contributed by atoms with Gasteiger partial charge in [0.25, 0.3) is 0 Å². The maximum atomic E-state index is 10.9. The van der Waals surface area contributed by atoms with Gasteiger partial charge in [0.05, 0.1) is 0 Å². The Labute approximate surface area is 88.2 Å². The second kappa shape index (κ2) is 4.86. The zero-order valence-corrected chi connectivity index (χ0v) is 8.71. The number of rotatable bonds is 4. The maximum absolute atomic E-state index is 10.9. The van der Waals surface area contributed by atoms with Crippen molar-refractivity contribution in [1.29, 1.82) is 0 Å². The van der Waals surface area contributed by atoms with E-state index in [1.54, 1.807) is 12.1 Å². The number of primary amides is 1. The van der Waals surface area contributed by atoms with E-state index in [1.807, 2.05) is 19.1 Å². The van der Waals surface area contributed by atoms with E-state index in [1.165, 1.54) is 0 Å². The van der Waals surface area contributed by atoms with Crippen LogP contribution in [0.25, 0.3) is 0 Å². The molecule has 1 atom stereocenters. The van der Waals surface area contributed by atoms with Crippen LogP contribution in [0, 0.1) is 0 Å². The van der Waals surface area contributed by atoms with Gasteiger partial charge in [0, 0.05) is 10.7 Å². The van der Waals surface area contributed by atoms with Crippen LogP contribution in [0.1, 0.15) is 13.3 Å². The molecule has 0 aromatic heterocycles. The molecule has 1 aromatic carbocycles. The van der Waals surface area contributed by atoms with Gasteiger partial charge in [-0.2, -0.15) is 0 Å². The molecule has 0 spiro atoms. The average molecular weight is 213 g/mol. The number of nitrogens with one attached hydrogen (secondary N) is 1. The number of halogens is 1. The fourth-order valence-electron chi connectivity index (χ4n) is 1.12. The Morgan fingerprint density at radius 3 is 2.50 bits per heavy atom. The number of carbonyl (C=O) groups excluding carboxylic acids is 1. The topological polar surface area (TPSA) is 55.1 Å². The van der Waals surface area contributed by atoms with Crippen LogP contribution >= 0.6 is 11.6 Å². The van der Waals surface area contributed by atoms with E-state index in [0.29, 0.717) is 11.4 Å². The Balaban J connectivity index is 2.67. The number of amides is 1. The van der Waals surface area contributed by atoms with Gasteiger partial charge in [-0.1, -0.05) is 18.5 Å². The predicted octanol–water partition coefficient (Wildman–Crippen LogP) is 2.02. The van der Waals surface area contributed by atoms with E-state index < -0.39 is 0 Å². The van der Waals surface area contributed by atoms with Crippen molar-refractivity contribution in [2.45, 2.75) is 19.4 Å². The lowest BCUT2D eigenvalue weighted by Crippen LogP contribution is -2.34. The van der Waals surface area contributed by atoms with Crippen LogP contribution in [0.5, 0.6) is 0 Å². The highest BCUT2D eigenvalue weighted by molar-refractivity contribution is 6.30. The molecular weight excluding hydrogens is 200 g/mol. The van der Waals surface area contributed by atoms with Crippen LogP contribution in [0.2, 0.25) is 5.02 Å². The van der Waals surface area contributed by atoms with E-state index >= 15 is 0 Å². The van der Waals surface area contributed by atoms with Crippen molar-refractivity contribution in [2.24, 2.45) is 5.73 Å². The molecule has 76 valence electrons. The summed E-state index contributed by atoms with van der Waals surface area (Å²) < 4.78 is 0. The molecule has 1 unspecified atom stereocenters. The summed E-state index contributed by atoms with van der Waals surface area (Å²) in [6.07, 6.45) is 0.665. The van der Waals surface area contributed by atoms with Crippen molar-refractivity contribution in [1.82, 2.24) is 0 Å². The molecule has 0 fully saturated rings. The third-order valence-electron chi connectivity index (χ3n) is 1.94. The summed E-state index contributed by atoms with van der Waals surface area (Å²) >= 11 is 5.73. The van der Waals surface area contributed by atoms with Gasteiger partial charge in [-0.3, -0.25) is 4.79 Å². The normalized spacial score (nSPS) is 12.1. The summed E-state index contributed by atoms with van der Waals surface area (Å²) in [6.45, 7) is 1.90. The molecule has 1 amide bonds. The lowest BCUT2D eigenvalue weighted by molar-refractivity contribution is -0.118. The highest BCUT2D eigenvalue weighted by Gasteiger charge is 2.11. The Morgan fingerprint density at radius 1 is 1.50 bits per heavy atom. The predicted molar refractivity (Wildman–Crippen MR) is 58.3 cm³/mol. The molecule has 0 radical (unpaired) electrons. The first-order valence-electron chi connectivity index (χ1n) is 4.45. The number of nitrogens with two attached hydrogens (primary N) is 1. The van der Waals surface area contributed by atoms with Gasteiger partial charge in [0.15, 0.2) is 0 Å². The molecule has 3 N–H and O–H groups in total. The fourth-order valence-corrected chi connectivity index (χ4v) is 1.25. The average Bonchev–Trinajstić information content (AvgIpc) is 2.16. The largest absolute Gasteiger partial charge is 0.374 e. The van der Waals surface area contributed by atoms with Gasteiger partial charge in [0.2, 0.25) is 5.91 Å². The summed E-state index contributed by atoms with van der Waals surface area (Å²) in [5.74, 6) is -0.345. The second-order valence-electron chi connectivity index (χ2n) is 3.01. The molecule has 0 aliphatic rings. The quantitative estimate of drug-likeness (QED) is 0.802. The standard InChI is InChI=1S/C10H13ClN2O/c1-2-9(10(12)14)13-8-5-3-7(11)4-6-8/h3-6,9,13H,2H2,1H3,(H2,12,14). The lowest BCUT2D eigenvalue weighted by atomic mass is 10.2. The molecule has 1 aromatic rings. The van der Waals surface area contributed by atoms with Crippen LogP contribution in [-0.2, 0) is 4.79 Å². The molecule has 0 aliphatic carbocycles. The zero-order chi connectivity index (χ0) is 10.6. The van der Waals surface area contributed by atoms with E-state index in [9.17, 15) is 4.79 Å². The van der Waals surface area contributed by atoms with Crippen LogP contribution < -0.4 is 11.1 Å². The first-order valence-corrected chi connectivity index (χ1v) is 4.82. The van der Waals surface area contributed by atoms with E-state index in [4.69, 9.17) is 17.3 Å². The molecule has 3 nitrogen and oxygen atoms in total. The number of carbonyl (C=O) groups is 1. The van der Waals surface area contributed by atoms with Crippen LogP contribution in [-0.4, -0.2) is 11.9 Å². The van der Waals surface area contributed by atoms with Gasteiger partial charge in [-0.25, -0.2) is 0 Å². The first-order chi connectivity index (χ1) is 6.63. The molecule has 14 heavy (non-hydrogen) atoms. The number of hydrogen-bond donors (Lipinski definition) is 2. The minimum absolute atomic E-state index is 0.323. The minimum Gasteiger partial charge on any atom is -0.374 e. The molecule has 0 aliphatic heterocycles. The maximum Gasteiger partial charge on any atom is 0.239 e. The van der Waals surface area contributed by atoms with Gasteiger partial charge >= 0.3 is 0 Å². The Morgan fingerprint density at radius 2 is 2.07 bits per heavy atom. The molecule has 4 heteroatoms. The first kappa shape index (κ1) is 10.9. The smallest absolute Gasteiger partial charge is 0.239 e. The van der Waals surface area contributed by atoms with Crippen molar-refractivity contribution in [3.8, 4) is 0 Å². The summed E-state index contributed by atoms with van der Waals surface area (Å²) in [7, 11) is 0. The third-order valence-corrected chi connectivity index (χ3v) is 2.19. The Hall–Kier alpha value is -1.22. The SMILES string of the molecule is CCC(Nc1ccc(Cl)cc1)C(N)=O. The van der Waals surface area contributed by atoms with Crippen molar-refractivity contribution >= 4 is 23.2 Å². The van der Waals surface area contributed by atoms with Gasteiger partial charge in [-0.05, 0) is 30.7 Å². The van der Waals surface area contributed by atoms with Gasteiger partial charge < -0.3 is 11.1 Å². The van der Waals surface area contributed by atoms with Gasteiger partial charge in [0.1, 0.15) is 6.04 Å². The molecule has 0 bridgehead atoms. The fraction of sp³-hybridized carbons (Fsp3) is 0.300. The highest BCUT2D eigenvalue weighted by Crippen LogP contribution is 2.14. The number of benzene rings is 1. The summed E-state index contributed by atoms with van der Waals surface area (Å²) in [5, 5.41) is 3.69. The van der Waals surface area contributed by atoms with Crippen molar-refractivity contribution < 1.29 is 4.79 Å². The van der Waals surface area contributed by atoms with Crippen LogP contribution in [0.4, 0.5) is 5.69 Å². The summed E-state index contributed by atoms with van der Waals surface area (Å²) in [4.78, 5) is 10.9. The summed E-state index contributed by atoms with van der Waals surface area (Å²) in [5.41, 5.74) is 6.04. The van der Waals surface area contributed by atoms with E-state index in [2.05, 4.69) is 5.32 Å². The molecule has 0 saturated heterocycles. The van der Waals surface area contributed by atoms with E-state index in [0.717, 1.165) is 5.69 Å². The van der Waals surface area contributed by atoms with Crippen molar-refractivity contribution in [3.05, 3.63) is 29.3 Å². The molecule has 0 heterocycles. The minimum atomic E-state index is -0.345. The van der Waals surface area contributed by atoms with E-state index in [-0.39, 0.29) is 11.9 Å². The number of hydrogen-bond acceptors (Lipinski definition) is 2. The van der Waals surface area contributed by atoms with Crippen LogP contribution in [0.3, 0.4) is 0 Å². The van der Waals surface area contributed by atoms with Crippen LogP contribution in [0.15, 0.2) is 24.3 Å². The molecular formula is C10H13ClN2O. The Kier molecular flexibility index (Phi) is 3.77. The van der Waals surface area contributed by atoms with Gasteiger partial charge in [-0.15, -0.1) is 0 Å². The number of anilines is 1. The lowest BCUT2D eigenvalue weighted by Gasteiger charge is -2.14. The van der Waals surface area contributed by atoms with Crippen molar-refractivity contribution in [2.75, 3.05) is 5.32 Å². The summed E-state index contributed by atoms with van der Waals surface area (Å²) in [6, 6.07) is 6.83. The molecule has 1 rings (SSSR count). The Bertz CT molecular complexity index is 310. The monoisotopic (exact) mass is 212 g/mol. The highest BCUT2D eigenvalue weighted by atomic mass is 35.5. The molecule has 0 saturated carbocycles. The third kappa shape index (κ3) is 2.92. The van der Waals surface area contributed by atoms with Crippen molar-refractivity contribution in [3.63, 3.8) is 0 Å². The second-order valence-corrected chi connectivity index (χ2v) is 3.45. The zero-order valence-electron chi connectivity index (χ0n) is 7.96.